The highest BCUT2D eigenvalue weighted by Gasteiger charge is 2.29. The molecule has 0 radical (unpaired) electrons. The van der Waals surface area contributed by atoms with Gasteiger partial charge >= 0.3 is 0 Å². The van der Waals surface area contributed by atoms with Crippen LogP contribution in [0.2, 0.25) is 0 Å². The molecule has 0 bridgehead atoms. The van der Waals surface area contributed by atoms with Gasteiger partial charge in [-0.25, -0.2) is 21.6 Å². The summed E-state index contributed by atoms with van der Waals surface area (Å²) in [6.07, 6.45) is 4.39. The van der Waals surface area contributed by atoms with Gasteiger partial charge in [0.2, 0.25) is 10.0 Å². The summed E-state index contributed by atoms with van der Waals surface area (Å²) in [5.41, 5.74) is 5.39. The Morgan fingerprint density at radius 1 is 1.48 bits per heavy atom. The second kappa shape index (κ2) is 6.42. The molecule has 10 heteroatoms. The number of sulfone groups is 1. The molecule has 0 amide bonds. The van der Waals surface area contributed by atoms with Crippen molar-refractivity contribution < 1.29 is 16.8 Å². The van der Waals surface area contributed by atoms with Crippen LogP contribution < -0.4 is 10.5 Å². The van der Waals surface area contributed by atoms with Gasteiger partial charge < -0.3 is 5.73 Å². The molecule has 2 rings (SSSR count). The van der Waals surface area contributed by atoms with E-state index in [-0.39, 0.29) is 16.4 Å². The fourth-order valence-electron chi connectivity index (χ4n) is 2.26. The summed E-state index contributed by atoms with van der Waals surface area (Å²) in [5, 5.41) is 3.97. The second-order valence-electron chi connectivity index (χ2n) is 5.16. The van der Waals surface area contributed by atoms with Crippen molar-refractivity contribution in [1.82, 2.24) is 14.5 Å². The van der Waals surface area contributed by atoms with E-state index in [0.29, 0.717) is 32.4 Å². The van der Waals surface area contributed by atoms with E-state index in [2.05, 4.69) is 9.82 Å². The zero-order valence-electron chi connectivity index (χ0n) is 11.6. The van der Waals surface area contributed by atoms with Crippen LogP contribution in [0.5, 0.6) is 0 Å². The highest BCUT2D eigenvalue weighted by atomic mass is 32.2. The summed E-state index contributed by atoms with van der Waals surface area (Å²) in [6, 6.07) is -0.568. The zero-order valence-corrected chi connectivity index (χ0v) is 13.2. The summed E-state index contributed by atoms with van der Waals surface area (Å²) in [6.45, 7) is 1.05. The van der Waals surface area contributed by atoms with Crippen molar-refractivity contribution >= 4 is 19.9 Å². The van der Waals surface area contributed by atoms with Crippen molar-refractivity contribution in [3.05, 3.63) is 12.4 Å². The summed E-state index contributed by atoms with van der Waals surface area (Å²) in [7, 11) is -6.90. The van der Waals surface area contributed by atoms with Crippen LogP contribution in [0.4, 0.5) is 0 Å². The lowest BCUT2D eigenvalue weighted by Crippen LogP contribution is -2.43. The maximum absolute atomic E-state index is 12.2. The molecule has 0 saturated carbocycles. The predicted molar refractivity (Wildman–Crippen MR) is 77.9 cm³/mol. The van der Waals surface area contributed by atoms with Crippen LogP contribution in [0.25, 0.3) is 0 Å². The minimum atomic E-state index is -3.74. The molecule has 0 spiro atoms. The fraction of sp³-hybridized carbons (Fsp3) is 0.727. The summed E-state index contributed by atoms with van der Waals surface area (Å²) in [5.74, 6) is -0.0181. The van der Waals surface area contributed by atoms with E-state index in [4.69, 9.17) is 5.73 Å². The highest BCUT2D eigenvalue weighted by molar-refractivity contribution is 7.91. The molecule has 3 N–H and O–H groups in total. The lowest BCUT2D eigenvalue weighted by molar-refractivity contribution is 0.517. The molecule has 120 valence electrons. The molecule has 0 aliphatic carbocycles. The van der Waals surface area contributed by atoms with Gasteiger partial charge in [0.25, 0.3) is 0 Å². The standard InChI is InChI=1S/C11H20N4O4S2/c12-4-2-5-15-8-11(7-13-15)21(18,19)14-10-3-1-6-20(16,17)9-10/h7-8,10,14H,1-6,9,12H2. The first kappa shape index (κ1) is 16.4. The van der Waals surface area contributed by atoms with Crippen molar-refractivity contribution in [2.24, 2.45) is 5.73 Å². The van der Waals surface area contributed by atoms with Crippen molar-refractivity contribution in [3.63, 3.8) is 0 Å². The molecule has 1 aromatic rings. The van der Waals surface area contributed by atoms with E-state index < -0.39 is 25.9 Å². The Kier molecular flexibility index (Phi) is 5.02. The quantitative estimate of drug-likeness (QED) is 0.693. The number of rotatable bonds is 6. The first-order valence-corrected chi connectivity index (χ1v) is 10.1. The lowest BCUT2D eigenvalue weighted by Gasteiger charge is -2.22. The third kappa shape index (κ3) is 4.50. The van der Waals surface area contributed by atoms with Gasteiger partial charge in [0.1, 0.15) is 4.90 Å². The average molecular weight is 336 g/mol. The number of nitrogens with zero attached hydrogens (tertiary/aromatic N) is 2. The Balaban J connectivity index is 2.06. The highest BCUT2D eigenvalue weighted by Crippen LogP contribution is 2.15. The van der Waals surface area contributed by atoms with Crippen LogP contribution in [0.1, 0.15) is 19.3 Å². The van der Waals surface area contributed by atoms with E-state index in [9.17, 15) is 16.8 Å². The molecular weight excluding hydrogens is 316 g/mol. The third-order valence-corrected chi connectivity index (χ3v) is 6.59. The van der Waals surface area contributed by atoms with Gasteiger partial charge in [-0.3, -0.25) is 4.68 Å². The van der Waals surface area contributed by atoms with E-state index in [0.717, 1.165) is 0 Å². The fourth-order valence-corrected chi connectivity index (χ4v) is 5.23. The topological polar surface area (TPSA) is 124 Å². The van der Waals surface area contributed by atoms with Gasteiger partial charge in [0, 0.05) is 18.8 Å². The molecule has 21 heavy (non-hydrogen) atoms. The summed E-state index contributed by atoms with van der Waals surface area (Å²) < 4.78 is 51.5. The van der Waals surface area contributed by atoms with Gasteiger partial charge in [-0.05, 0) is 25.8 Å². The first-order chi connectivity index (χ1) is 9.82. The van der Waals surface area contributed by atoms with Gasteiger partial charge in [-0.15, -0.1) is 0 Å². The molecule has 1 aromatic heterocycles. The summed E-state index contributed by atoms with van der Waals surface area (Å²) in [4.78, 5) is 0.0440. The second-order valence-corrected chi connectivity index (χ2v) is 9.10. The Bertz CT molecular complexity index is 681. The largest absolute Gasteiger partial charge is 0.330 e. The normalized spacial score (nSPS) is 22.2. The Labute approximate surface area is 124 Å². The molecule has 8 nitrogen and oxygen atoms in total. The van der Waals surface area contributed by atoms with Crippen LogP contribution in [0.3, 0.4) is 0 Å². The maximum atomic E-state index is 12.2. The van der Waals surface area contributed by atoms with E-state index >= 15 is 0 Å². The number of hydrogen-bond acceptors (Lipinski definition) is 6. The number of sulfonamides is 1. The molecule has 0 aromatic carbocycles. The van der Waals surface area contributed by atoms with Gasteiger partial charge in [0.05, 0.1) is 17.7 Å². The van der Waals surface area contributed by atoms with Crippen LogP contribution in [0.15, 0.2) is 17.3 Å². The molecule has 2 heterocycles. The molecule has 1 aliphatic rings. The number of nitrogens with one attached hydrogen (secondary N) is 1. The van der Waals surface area contributed by atoms with Gasteiger partial charge in [-0.2, -0.15) is 5.10 Å². The SMILES string of the molecule is NCCCn1cc(S(=O)(=O)NC2CCCS(=O)(=O)C2)cn1. The van der Waals surface area contributed by atoms with Crippen LogP contribution in [-0.4, -0.2) is 50.7 Å². The average Bonchev–Trinajstić information content (AvgIpc) is 2.84. The minimum Gasteiger partial charge on any atom is -0.330 e. The van der Waals surface area contributed by atoms with Crippen LogP contribution >= 0.6 is 0 Å². The van der Waals surface area contributed by atoms with Gasteiger partial charge in [-0.1, -0.05) is 0 Å². The molecule has 1 saturated heterocycles. The van der Waals surface area contributed by atoms with Crippen LogP contribution in [-0.2, 0) is 26.4 Å². The molecule has 1 fully saturated rings. The lowest BCUT2D eigenvalue weighted by atomic mass is 10.2. The first-order valence-electron chi connectivity index (χ1n) is 6.78. The maximum Gasteiger partial charge on any atom is 0.243 e. The predicted octanol–water partition coefficient (Wildman–Crippen LogP) is -0.913. The Morgan fingerprint density at radius 3 is 2.90 bits per heavy atom. The minimum absolute atomic E-state index is 0.0440. The van der Waals surface area contributed by atoms with Gasteiger partial charge in [0.15, 0.2) is 9.84 Å². The van der Waals surface area contributed by atoms with Crippen molar-refractivity contribution in [3.8, 4) is 0 Å². The Hall–Kier alpha value is -0.970. The van der Waals surface area contributed by atoms with Crippen molar-refractivity contribution in [1.29, 1.82) is 0 Å². The van der Waals surface area contributed by atoms with Crippen molar-refractivity contribution in [2.75, 3.05) is 18.1 Å². The number of nitrogens with two attached hydrogens (primary N) is 1. The Morgan fingerprint density at radius 2 is 2.24 bits per heavy atom. The number of aryl methyl sites for hydroxylation is 1. The molecule has 1 unspecified atom stereocenters. The van der Waals surface area contributed by atoms with E-state index in [1.165, 1.54) is 17.1 Å². The molecular formula is C11H20N4O4S2. The smallest absolute Gasteiger partial charge is 0.243 e. The molecule has 1 aliphatic heterocycles. The number of aromatic nitrogens is 2. The monoisotopic (exact) mass is 336 g/mol. The summed E-state index contributed by atoms with van der Waals surface area (Å²) >= 11 is 0. The van der Waals surface area contributed by atoms with E-state index in [1.54, 1.807) is 0 Å². The zero-order chi connectivity index (χ0) is 15.5. The molecule has 1 atom stereocenters. The van der Waals surface area contributed by atoms with Crippen LogP contribution in [0, 0.1) is 0 Å². The van der Waals surface area contributed by atoms with Crippen molar-refractivity contribution in [2.45, 2.75) is 36.7 Å². The number of hydrogen-bond donors (Lipinski definition) is 2. The third-order valence-electron chi connectivity index (χ3n) is 3.30. The van der Waals surface area contributed by atoms with E-state index in [1.807, 2.05) is 0 Å².